The molecule has 0 atom stereocenters. The number of benzene rings is 4. The van der Waals surface area contributed by atoms with Crippen LogP contribution < -0.4 is 5.32 Å². The van der Waals surface area contributed by atoms with Crippen molar-refractivity contribution in [1.82, 2.24) is 0 Å². The number of nitrogens with one attached hydrogen (secondary N) is 1. The molecule has 0 aliphatic rings. The SMILES string of the molecule is CNc1ccc2c(O)c(N=Nc3ccc(N=Nc4ccc(S(=O)(=O)O)cc4)cc3)c(C)cc2c1. The zero-order valence-corrected chi connectivity index (χ0v) is 19.2. The predicted octanol–water partition coefficient (Wildman–Crippen LogP) is 6.97. The van der Waals surface area contributed by atoms with Gasteiger partial charge in [0.15, 0.2) is 5.75 Å². The van der Waals surface area contributed by atoms with Crippen LogP contribution in [0.4, 0.5) is 28.4 Å². The van der Waals surface area contributed by atoms with Gasteiger partial charge in [0.25, 0.3) is 10.1 Å². The lowest BCUT2D eigenvalue weighted by Crippen LogP contribution is -1.96. The Morgan fingerprint density at radius 1 is 0.765 bits per heavy atom. The Morgan fingerprint density at radius 2 is 1.29 bits per heavy atom. The fraction of sp³-hybridized carbons (Fsp3) is 0.0833. The summed E-state index contributed by atoms with van der Waals surface area (Å²) >= 11 is 0. The molecule has 4 aromatic rings. The van der Waals surface area contributed by atoms with Gasteiger partial charge in [0.05, 0.1) is 22.0 Å². The van der Waals surface area contributed by atoms with E-state index in [-0.39, 0.29) is 10.6 Å². The van der Waals surface area contributed by atoms with Gasteiger partial charge in [0.1, 0.15) is 5.69 Å². The van der Waals surface area contributed by atoms with Crippen LogP contribution in [0.5, 0.6) is 5.75 Å². The maximum Gasteiger partial charge on any atom is 0.294 e. The molecule has 3 N–H and O–H groups in total. The predicted molar refractivity (Wildman–Crippen MR) is 131 cm³/mol. The summed E-state index contributed by atoms with van der Waals surface area (Å²) in [6.07, 6.45) is 0. The van der Waals surface area contributed by atoms with Gasteiger partial charge in [-0.3, -0.25) is 4.55 Å². The van der Waals surface area contributed by atoms with Crippen LogP contribution in [-0.4, -0.2) is 25.1 Å². The van der Waals surface area contributed by atoms with Crippen LogP contribution >= 0.6 is 0 Å². The van der Waals surface area contributed by atoms with Gasteiger partial charge in [-0.05, 0) is 90.7 Å². The molecule has 0 spiro atoms. The summed E-state index contributed by atoms with van der Waals surface area (Å²) in [7, 11) is -2.41. The fourth-order valence-electron chi connectivity index (χ4n) is 3.29. The van der Waals surface area contributed by atoms with E-state index < -0.39 is 10.1 Å². The number of nitrogens with zero attached hydrogens (tertiary/aromatic N) is 4. The van der Waals surface area contributed by atoms with E-state index in [0.717, 1.165) is 16.6 Å². The quantitative estimate of drug-likeness (QED) is 0.204. The van der Waals surface area contributed by atoms with Crippen LogP contribution in [0.1, 0.15) is 5.56 Å². The lowest BCUT2D eigenvalue weighted by atomic mass is 10.0. The van der Waals surface area contributed by atoms with Gasteiger partial charge in [-0.25, -0.2) is 0 Å². The van der Waals surface area contributed by atoms with Crippen LogP contribution in [0.3, 0.4) is 0 Å². The van der Waals surface area contributed by atoms with Gasteiger partial charge in [-0.2, -0.15) is 23.8 Å². The van der Waals surface area contributed by atoms with Gasteiger partial charge in [-0.15, -0.1) is 5.11 Å². The van der Waals surface area contributed by atoms with Crippen molar-refractivity contribution in [2.24, 2.45) is 20.5 Å². The number of phenolic OH excluding ortho intramolecular Hbond substituents is 1. The van der Waals surface area contributed by atoms with Crippen LogP contribution in [0, 0.1) is 6.92 Å². The van der Waals surface area contributed by atoms with E-state index in [1.165, 1.54) is 24.3 Å². The van der Waals surface area contributed by atoms with Crippen molar-refractivity contribution < 1.29 is 18.1 Å². The number of hydrogen-bond acceptors (Lipinski definition) is 8. The van der Waals surface area contributed by atoms with Crippen LogP contribution in [0.15, 0.2) is 98.1 Å². The van der Waals surface area contributed by atoms with E-state index in [9.17, 15) is 13.5 Å². The summed E-state index contributed by atoms with van der Waals surface area (Å²) in [6.45, 7) is 1.87. The first kappa shape index (κ1) is 23.0. The van der Waals surface area contributed by atoms with Crippen molar-refractivity contribution in [2.45, 2.75) is 11.8 Å². The summed E-state index contributed by atoms with van der Waals surface area (Å²) in [5.74, 6) is 0.0758. The second kappa shape index (κ2) is 9.38. The Balaban J connectivity index is 1.51. The minimum absolute atomic E-state index is 0.0758. The maximum absolute atomic E-state index is 11.1. The molecular weight excluding hydrogens is 454 g/mol. The Bertz CT molecular complexity index is 1510. The average molecular weight is 476 g/mol. The number of anilines is 1. The normalized spacial score (nSPS) is 12.1. The van der Waals surface area contributed by atoms with Gasteiger partial charge in [0, 0.05) is 18.1 Å². The molecule has 0 heterocycles. The topological polar surface area (TPSA) is 136 Å². The summed E-state index contributed by atoms with van der Waals surface area (Å²) in [5.41, 5.74) is 3.71. The average Bonchev–Trinajstić information content (AvgIpc) is 2.82. The standard InChI is InChI=1S/C24H21N5O4S/c1-15-13-16-14-20(25-2)9-12-22(16)24(30)23(15)29-28-18-5-3-17(4-6-18)26-27-19-7-10-21(11-8-19)34(31,32)33/h3-14,25,30H,1-2H3,(H,31,32,33). The second-order valence-corrected chi connectivity index (χ2v) is 8.88. The van der Waals surface area contributed by atoms with E-state index in [1.807, 2.05) is 38.2 Å². The number of azo groups is 2. The first-order valence-electron chi connectivity index (χ1n) is 10.2. The summed E-state index contributed by atoms with van der Waals surface area (Å²) < 4.78 is 31.2. The van der Waals surface area contributed by atoms with E-state index in [4.69, 9.17) is 4.55 Å². The van der Waals surface area contributed by atoms with Crippen LogP contribution in [0.25, 0.3) is 10.8 Å². The van der Waals surface area contributed by atoms with Crippen molar-refractivity contribution in [1.29, 1.82) is 0 Å². The Labute approximate surface area is 196 Å². The zero-order valence-electron chi connectivity index (χ0n) is 18.3. The summed E-state index contributed by atoms with van der Waals surface area (Å²) in [5, 5.41) is 32.0. The number of phenols is 1. The molecule has 4 aromatic carbocycles. The molecule has 0 saturated carbocycles. The first-order valence-corrected chi connectivity index (χ1v) is 11.6. The highest BCUT2D eigenvalue weighted by atomic mass is 32.2. The largest absolute Gasteiger partial charge is 0.505 e. The molecule has 0 aliphatic carbocycles. The van der Waals surface area contributed by atoms with Crippen molar-refractivity contribution in [3.05, 3.63) is 78.4 Å². The molecule has 10 heteroatoms. The van der Waals surface area contributed by atoms with E-state index in [1.54, 1.807) is 24.3 Å². The van der Waals surface area contributed by atoms with E-state index in [0.29, 0.717) is 28.1 Å². The van der Waals surface area contributed by atoms with Gasteiger partial charge < -0.3 is 10.4 Å². The van der Waals surface area contributed by atoms with Crippen molar-refractivity contribution in [3.63, 3.8) is 0 Å². The number of fused-ring (bicyclic) bond motifs is 1. The molecule has 0 saturated heterocycles. The highest BCUT2D eigenvalue weighted by Gasteiger charge is 2.11. The Morgan fingerprint density at radius 3 is 1.82 bits per heavy atom. The molecule has 0 amide bonds. The monoisotopic (exact) mass is 475 g/mol. The summed E-state index contributed by atoms with van der Waals surface area (Å²) in [6, 6.07) is 19.8. The molecule has 9 nitrogen and oxygen atoms in total. The lowest BCUT2D eigenvalue weighted by Gasteiger charge is -2.09. The van der Waals surface area contributed by atoms with E-state index in [2.05, 4.69) is 25.8 Å². The maximum atomic E-state index is 11.1. The zero-order chi connectivity index (χ0) is 24.3. The highest BCUT2D eigenvalue weighted by Crippen LogP contribution is 2.39. The van der Waals surface area contributed by atoms with Gasteiger partial charge in [-0.1, -0.05) is 0 Å². The number of aryl methyl sites for hydroxylation is 1. The van der Waals surface area contributed by atoms with Crippen LogP contribution in [0.2, 0.25) is 0 Å². The number of hydrogen-bond donors (Lipinski definition) is 3. The molecule has 0 unspecified atom stereocenters. The lowest BCUT2D eigenvalue weighted by molar-refractivity contribution is 0.481. The molecular formula is C24H21N5O4S. The first-order chi connectivity index (χ1) is 16.2. The number of rotatable bonds is 6. The number of aromatic hydroxyl groups is 1. The molecule has 4 rings (SSSR count). The van der Waals surface area contributed by atoms with Crippen molar-refractivity contribution in [2.75, 3.05) is 12.4 Å². The summed E-state index contributed by atoms with van der Waals surface area (Å²) in [4.78, 5) is -0.212. The molecule has 0 bridgehead atoms. The third-order valence-corrected chi connectivity index (χ3v) is 5.96. The molecule has 34 heavy (non-hydrogen) atoms. The third-order valence-electron chi connectivity index (χ3n) is 5.10. The molecule has 0 aliphatic heterocycles. The van der Waals surface area contributed by atoms with Gasteiger partial charge >= 0.3 is 0 Å². The van der Waals surface area contributed by atoms with Gasteiger partial charge in [0.2, 0.25) is 0 Å². The van der Waals surface area contributed by atoms with Crippen molar-refractivity contribution >= 4 is 49.3 Å². The van der Waals surface area contributed by atoms with Crippen molar-refractivity contribution in [3.8, 4) is 5.75 Å². The highest BCUT2D eigenvalue weighted by molar-refractivity contribution is 7.85. The smallest absolute Gasteiger partial charge is 0.294 e. The molecule has 172 valence electrons. The molecule has 0 aromatic heterocycles. The third kappa shape index (κ3) is 5.08. The minimum Gasteiger partial charge on any atom is -0.505 e. The minimum atomic E-state index is -4.25. The molecule has 0 fully saturated rings. The Kier molecular flexibility index (Phi) is 6.35. The fourth-order valence-corrected chi connectivity index (χ4v) is 3.77. The second-order valence-electron chi connectivity index (χ2n) is 7.46. The molecule has 0 radical (unpaired) electrons. The van der Waals surface area contributed by atoms with E-state index >= 15 is 0 Å². The van der Waals surface area contributed by atoms with Crippen LogP contribution in [-0.2, 0) is 10.1 Å². The Hall–Kier alpha value is -4.15.